The molecule has 3 nitrogen and oxygen atoms in total. The Morgan fingerprint density at radius 3 is 2.48 bits per heavy atom. The molecule has 0 saturated carbocycles. The number of nitrogens with one attached hydrogen (secondary N) is 1. The van der Waals surface area contributed by atoms with Gasteiger partial charge in [0.15, 0.2) is 0 Å². The topological polar surface area (TPSA) is 42.0 Å². The highest BCUT2D eigenvalue weighted by atomic mass is 35.5. The summed E-state index contributed by atoms with van der Waals surface area (Å²) >= 11 is 12.5. The maximum atomic E-state index is 13.0. The van der Waals surface area contributed by atoms with E-state index in [-0.39, 0.29) is 20.8 Å². The van der Waals surface area contributed by atoms with Crippen molar-refractivity contribution in [1.82, 2.24) is 4.98 Å². The Labute approximate surface area is 154 Å². The molecule has 0 radical (unpaired) electrons. The first-order valence-electron chi connectivity index (χ1n) is 6.73. The number of alkyl halides is 3. The minimum atomic E-state index is -4.55. The molecule has 0 aliphatic heterocycles. The van der Waals surface area contributed by atoms with Crippen molar-refractivity contribution >= 4 is 46.6 Å². The summed E-state index contributed by atoms with van der Waals surface area (Å²) in [5.74, 6) is -1.04. The number of benzene rings is 1. The third kappa shape index (κ3) is 5.23. The number of nitrogens with zero attached hydrogens (tertiary/aromatic N) is 1. The average molecular weight is 413 g/mol. The first kappa shape index (κ1) is 19.8. The van der Waals surface area contributed by atoms with Crippen LogP contribution in [0, 0.1) is 5.82 Å². The summed E-state index contributed by atoms with van der Waals surface area (Å²) < 4.78 is 50.8. The standard InChI is InChI=1S/C15H10Cl2F4N2OS/c1-7(13(24)23-12-3-2-9(18)5-10(12)16)25-14-11(17)4-8(6-22-14)15(19,20)21/h2-7H,1H3,(H,23,24)/t7-/m0/s1. The van der Waals surface area contributed by atoms with Gasteiger partial charge in [-0.2, -0.15) is 13.2 Å². The number of halogens is 6. The zero-order valence-electron chi connectivity index (χ0n) is 12.5. The highest BCUT2D eigenvalue weighted by molar-refractivity contribution is 8.00. The van der Waals surface area contributed by atoms with Crippen LogP contribution in [0.2, 0.25) is 10.0 Å². The first-order chi connectivity index (χ1) is 11.6. The van der Waals surface area contributed by atoms with Crippen molar-refractivity contribution in [2.75, 3.05) is 5.32 Å². The molecule has 0 spiro atoms. The normalized spacial score (nSPS) is 12.8. The molecule has 25 heavy (non-hydrogen) atoms. The third-order valence-corrected chi connectivity index (χ3v) is 4.81. The third-order valence-electron chi connectivity index (χ3n) is 2.98. The number of thioether (sulfide) groups is 1. The lowest BCUT2D eigenvalue weighted by molar-refractivity contribution is -0.137. The van der Waals surface area contributed by atoms with Crippen molar-refractivity contribution in [1.29, 1.82) is 0 Å². The molecule has 1 heterocycles. The van der Waals surface area contributed by atoms with Gasteiger partial charge in [-0.25, -0.2) is 9.37 Å². The van der Waals surface area contributed by atoms with Gasteiger partial charge in [0, 0.05) is 6.20 Å². The minimum absolute atomic E-state index is 0.0243. The maximum absolute atomic E-state index is 13.0. The molecule has 134 valence electrons. The van der Waals surface area contributed by atoms with Gasteiger partial charge in [0.1, 0.15) is 10.8 Å². The number of pyridine rings is 1. The Kier molecular flexibility index (Phi) is 6.18. The van der Waals surface area contributed by atoms with Crippen molar-refractivity contribution in [3.8, 4) is 0 Å². The molecule has 1 aromatic heterocycles. The number of aromatic nitrogens is 1. The van der Waals surface area contributed by atoms with E-state index in [0.29, 0.717) is 6.20 Å². The van der Waals surface area contributed by atoms with Gasteiger partial charge in [0.25, 0.3) is 0 Å². The monoisotopic (exact) mass is 412 g/mol. The molecule has 1 atom stereocenters. The van der Waals surface area contributed by atoms with E-state index in [1.165, 1.54) is 13.0 Å². The number of hydrogen-bond donors (Lipinski definition) is 1. The molecular formula is C15H10Cl2F4N2OS. The van der Waals surface area contributed by atoms with Gasteiger partial charge in [-0.1, -0.05) is 35.0 Å². The Morgan fingerprint density at radius 2 is 1.92 bits per heavy atom. The second kappa shape index (κ2) is 7.80. The summed E-state index contributed by atoms with van der Waals surface area (Å²) in [7, 11) is 0. The van der Waals surface area contributed by atoms with Crippen LogP contribution in [-0.2, 0) is 11.0 Å². The second-order valence-corrected chi connectivity index (χ2v) is 7.03. The van der Waals surface area contributed by atoms with E-state index in [9.17, 15) is 22.4 Å². The molecule has 0 unspecified atom stereocenters. The number of hydrogen-bond acceptors (Lipinski definition) is 3. The quantitative estimate of drug-likeness (QED) is 0.519. The molecule has 1 amide bonds. The smallest absolute Gasteiger partial charge is 0.324 e. The molecule has 0 saturated heterocycles. The summed E-state index contributed by atoms with van der Waals surface area (Å²) in [5, 5.41) is 1.67. The number of anilines is 1. The zero-order chi connectivity index (χ0) is 18.8. The van der Waals surface area contributed by atoms with Crippen molar-refractivity contribution in [3.05, 3.63) is 51.9 Å². The van der Waals surface area contributed by atoms with Crippen LogP contribution in [0.5, 0.6) is 0 Å². The largest absolute Gasteiger partial charge is 0.417 e. The van der Waals surface area contributed by atoms with E-state index in [1.54, 1.807) is 0 Å². The average Bonchev–Trinajstić information content (AvgIpc) is 2.50. The highest BCUT2D eigenvalue weighted by Gasteiger charge is 2.32. The summed E-state index contributed by atoms with van der Waals surface area (Å²) in [6.07, 6.45) is -3.90. The van der Waals surface area contributed by atoms with Gasteiger partial charge in [-0.3, -0.25) is 4.79 Å². The van der Waals surface area contributed by atoms with Crippen molar-refractivity contribution in [2.45, 2.75) is 23.4 Å². The predicted octanol–water partition coefficient (Wildman–Crippen LogP) is 5.67. The number of carbonyl (C=O) groups is 1. The van der Waals surface area contributed by atoms with Crippen LogP contribution in [0.1, 0.15) is 12.5 Å². The summed E-state index contributed by atoms with van der Waals surface area (Å²) in [4.78, 5) is 15.8. The lowest BCUT2D eigenvalue weighted by atomic mass is 10.3. The predicted molar refractivity (Wildman–Crippen MR) is 89.6 cm³/mol. The lowest BCUT2D eigenvalue weighted by Crippen LogP contribution is -2.22. The van der Waals surface area contributed by atoms with E-state index >= 15 is 0 Å². The van der Waals surface area contributed by atoms with Gasteiger partial charge in [0.05, 0.1) is 26.5 Å². The fourth-order valence-corrected chi connectivity index (χ4v) is 3.01. The van der Waals surface area contributed by atoms with E-state index < -0.39 is 28.7 Å². The van der Waals surface area contributed by atoms with Crippen LogP contribution in [0.15, 0.2) is 35.5 Å². The molecule has 0 bridgehead atoms. The highest BCUT2D eigenvalue weighted by Crippen LogP contribution is 2.35. The SMILES string of the molecule is C[C@H](Sc1ncc(C(F)(F)F)cc1Cl)C(=O)Nc1ccc(F)cc1Cl. The number of amides is 1. The molecule has 10 heteroatoms. The van der Waals surface area contributed by atoms with E-state index in [1.807, 2.05) is 0 Å². The van der Waals surface area contributed by atoms with Gasteiger partial charge < -0.3 is 5.32 Å². The van der Waals surface area contributed by atoms with Crippen LogP contribution >= 0.6 is 35.0 Å². The van der Waals surface area contributed by atoms with Crippen molar-refractivity contribution in [2.24, 2.45) is 0 Å². The fraction of sp³-hybridized carbons (Fsp3) is 0.200. The Morgan fingerprint density at radius 1 is 1.24 bits per heavy atom. The molecular weight excluding hydrogens is 403 g/mol. The minimum Gasteiger partial charge on any atom is -0.324 e. The zero-order valence-corrected chi connectivity index (χ0v) is 14.8. The molecule has 1 N–H and O–H groups in total. The van der Waals surface area contributed by atoms with E-state index in [4.69, 9.17) is 23.2 Å². The Hall–Kier alpha value is -1.51. The molecule has 0 aliphatic carbocycles. The molecule has 1 aromatic carbocycles. The van der Waals surface area contributed by atoms with Crippen LogP contribution in [0.25, 0.3) is 0 Å². The summed E-state index contributed by atoms with van der Waals surface area (Å²) in [5.41, 5.74) is -0.760. The fourth-order valence-electron chi connectivity index (χ4n) is 1.71. The van der Waals surface area contributed by atoms with Gasteiger partial charge in [0.2, 0.25) is 5.91 Å². The molecule has 2 rings (SSSR count). The molecule has 0 fully saturated rings. The molecule has 2 aromatic rings. The van der Waals surface area contributed by atoms with Crippen LogP contribution in [0.4, 0.5) is 23.2 Å². The van der Waals surface area contributed by atoms with Crippen LogP contribution in [-0.4, -0.2) is 16.1 Å². The Balaban J connectivity index is 2.08. The number of rotatable bonds is 4. The maximum Gasteiger partial charge on any atom is 0.417 e. The number of carbonyl (C=O) groups excluding carboxylic acids is 1. The van der Waals surface area contributed by atoms with Crippen LogP contribution in [0.3, 0.4) is 0 Å². The first-order valence-corrected chi connectivity index (χ1v) is 8.37. The van der Waals surface area contributed by atoms with E-state index in [2.05, 4.69) is 10.3 Å². The van der Waals surface area contributed by atoms with Crippen LogP contribution < -0.4 is 5.32 Å². The summed E-state index contributed by atoms with van der Waals surface area (Å²) in [6.45, 7) is 1.52. The van der Waals surface area contributed by atoms with Gasteiger partial charge in [-0.05, 0) is 31.2 Å². The summed E-state index contributed by atoms with van der Waals surface area (Å²) in [6, 6.07) is 4.23. The second-order valence-electron chi connectivity index (χ2n) is 4.88. The molecule has 0 aliphatic rings. The Bertz CT molecular complexity index is 802. The lowest BCUT2D eigenvalue weighted by Gasteiger charge is -2.14. The van der Waals surface area contributed by atoms with E-state index in [0.717, 1.165) is 30.0 Å². The van der Waals surface area contributed by atoms with Gasteiger partial charge in [-0.15, -0.1) is 0 Å². The van der Waals surface area contributed by atoms with Gasteiger partial charge >= 0.3 is 6.18 Å². The van der Waals surface area contributed by atoms with Crippen molar-refractivity contribution < 1.29 is 22.4 Å². The van der Waals surface area contributed by atoms with Crippen molar-refractivity contribution in [3.63, 3.8) is 0 Å².